The van der Waals surface area contributed by atoms with Gasteiger partial charge in [-0.2, -0.15) is 0 Å². The van der Waals surface area contributed by atoms with Gasteiger partial charge in [0.25, 0.3) is 0 Å². The number of aliphatic hydroxyl groups is 1. The first-order valence-electron chi connectivity index (χ1n) is 4.61. The second kappa shape index (κ2) is 14.8. The zero-order chi connectivity index (χ0) is 11.2. The van der Waals surface area contributed by atoms with Gasteiger partial charge < -0.3 is 9.84 Å². The lowest BCUT2D eigenvalue weighted by Crippen LogP contribution is -2.27. The summed E-state index contributed by atoms with van der Waals surface area (Å²) in [6.07, 6.45) is 4.17. The minimum absolute atomic E-state index is 0.739. The van der Waals surface area contributed by atoms with Gasteiger partial charge in [0.2, 0.25) is 0 Å². The van der Waals surface area contributed by atoms with E-state index in [-0.39, 0.29) is 0 Å². The van der Waals surface area contributed by atoms with Crippen LogP contribution in [0.15, 0.2) is 12.2 Å². The Balaban J connectivity index is 0. The van der Waals surface area contributed by atoms with Gasteiger partial charge in [0.05, 0.1) is 6.61 Å². The van der Waals surface area contributed by atoms with Crippen LogP contribution in [0.1, 0.15) is 6.92 Å². The molecule has 0 bridgehead atoms. The van der Waals surface area contributed by atoms with E-state index in [9.17, 15) is 4.79 Å². The summed E-state index contributed by atoms with van der Waals surface area (Å²) < 4.78 is 4.95. The topological polar surface area (TPSA) is 49.8 Å². The fourth-order valence-electron chi connectivity index (χ4n) is 0.864. The number of aldehydes is 1. The molecule has 0 unspecified atom stereocenters. The molecule has 14 heavy (non-hydrogen) atoms. The average molecular weight is 203 g/mol. The van der Waals surface area contributed by atoms with Gasteiger partial charge in [-0.25, -0.2) is 0 Å². The summed E-state index contributed by atoms with van der Waals surface area (Å²) in [5, 5.41) is 7.00. The SMILES string of the molecule is CCN(C/C=C/C=O)CCOC.CO. The number of carbonyl (C=O) groups excluding carboxylic acids is 1. The maximum atomic E-state index is 9.96. The molecule has 0 aliphatic carbocycles. The minimum Gasteiger partial charge on any atom is -0.400 e. The molecule has 84 valence electrons. The number of hydrogen-bond acceptors (Lipinski definition) is 4. The van der Waals surface area contributed by atoms with Crippen LogP contribution in [-0.2, 0) is 9.53 Å². The van der Waals surface area contributed by atoms with E-state index in [0.29, 0.717) is 0 Å². The van der Waals surface area contributed by atoms with Gasteiger partial charge in [-0.1, -0.05) is 13.0 Å². The van der Waals surface area contributed by atoms with Gasteiger partial charge in [0, 0.05) is 27.3 Å². The molecule has 0 aromatic heterocycles. The number of likely N-dealkylation sites (N-methyl/N-ethyl adjacent to an activating group) is 1. The standard InChI is InChI=1S/C9H17NO2.CH4O/c1-3-10(7-9-12-2)6-4-5-8-11;1-2/h4-5,8H,3,6-7,9H2,1-2H3;2H,1H3/b5-4+;. The quantitative estimate of drug-likeness (QED) is 0.478. The first-order chi connectivity index (χ1) is 6.85. The highest BCUT2D eigenvalue weighted by atomic mass is 16.5. The van der Waals surface area contributed by atoms with Crippen molar-refractivity contribution in [2.24, 2.45) is 0 Å². The van der Waals surface area contributed by atoms with Gasteiger partial charge >= 0.3 is 0 Å². The third-order valence-corrected chi connectivity index (χ3v) is 1.64. The number of nitrogens with zero attached hydrogens (tertiary/aromatic N) is 1. The second-order valence-electron chi connectivity index (χ2n) is 2.45. The molecule has 0 atom stereocenters. The number of allylic oxidation sites excluding steroid dienone is 1. The Morgan fingerprint density at radius 2 is 2.07 bits per heavy atom. The fourth-order valence-corrected chi connectivity index (χ4v) is 0.864. The molecule has 0 saturated heterocycles. The monoisotopic (exact) mass is 203 g/mol. The molecule has 0 aromatic rings. The maximum absolute atomic E-state index is 9.96. The van der Waals surface area contributed by atoms with Crippen molar-refractivity contribution in [1.29, 1.82) is 0 Å². The van der Waals surface area contributed by atoms with E-state index in [0.717, 1.165) is 39.6 Å². The normalized spacial score (nSPS) is 10.1. The van der Waals surface area contributed by atoms with Gasteiger partial charge in [0.15, 0.2) is 0 Å². The van der Waals surface area contributed by atoms with Crippen molar-refractivity contribution in [2.45, 2.75) is 6.92 Å². The van der Waals surface area contributed by atoms with Gasteiger partial charge in [0.1, 0.15) is 6.29 Å². The van der Waals surface area contributed by atoms with Gasteiger partial charge in [-0.15, -0.1) is 0 Å². The second-order valence-corrected chi connectivity index (χ2v) is 2.45. The van der Waals surface area contributed by atoms with E-state index in [2.05, 4.69) is 11.8 Å². The van der Waals surface area contributed by atoms with Gasteiger partial charge in [-0.05, 0) is 12.6 Å². The van der Waals surface area contributed by atoms with E-state index in [1.807, 2.05) is 6.08 Å². The fraction of sp³-hybridized carbons (Fsp3) is 0.700. The lowest BCUT2D eigenvalue weighted by atomic mass is 10.4. The van der Waals surface area contributed by atoms with Crippen LogP contribution < -0.4 is 0 Å². The molecule has 0 saturated carbocycles. The van der Waals surface area contributed by atoms with Crippen LogP contribution in [-0.4, -0.2) is 56.8 Å². The zero-order valence-corrected chi connectivity index (χ0v) is 9.27. The molecule has 0 amide bonds. The van der Waals surface area contributed by atoms with Crippen LogP contribution in [0.3, 0.4) is 0 Å². The lowest BCUT2D eigenvalue weighted by Gasteiger charge is -2.17. The van der Waals surface area contributed by atoms with E-state index in [4.69, 9.17) is 9.84 Å². The first-order valence-corrected chi connectivity index (χ1v) is 4.61. The van der Waals surface area contributed by atoms with Crippen molar-refractivity contribution in [3.8, 4) is 0 Å². The third kappa shape index (κ3) is 11.3. The summed E-state index contributed by atoms with van der Waals surface area (Å²) in [5.41, 5.74) is 0. The molecule has 0 aromatic carbocycles. The molecule has 0 fully saturated rings. The van der Waals surface area contributed by atoms with Gasteiger partial charge in [-0.3, -0.25) is 9.69 Å². The summed E-state index contributed by atoms with van der Waals surface area (Å²) in [5.74, 6) is 0. The largest absolute Gasteiger partial charge is 0.400 e. The number of aliphatic hydroxyl groups excluding tert-OH is 1. The summed E-state index contributed by atoms with van der Waals surface area (Å²) in [6.45, 7) is 5.54. The summed E-state index contributed by atoms with van der Waals surface area (Å²) in [4.78, 5) is 12.2. The highest BCUT2D eigenvalue weighted by Crippen LogP contribution is 1.87. The Morgan fingerprint density at radius 3 is 2.50 bits per heavy atom. The zero-order valence-electron chi connectivity index (χ0n) is 9.27. The van der Waals surface area contributed by atoms with Crippen LogP contribution in [0.4, 0.5) is 0 Å². The molecule has 0 spiro atoms. The molecule has 1 N–H and O–H groups in total. The maximum Gasteiger partial charge on any atom is 0.142 e. The van der Waals surface area contributed by atoms with Crippen molar-refractivity contribution in [3.63, 3.8) is 0 Å². The summed E-state index contributed by atoms with van der Waals surface area (Å²) in [6, 6.07) is 0. The summed E-state index contributed by atoms with van der Waals surface area (Å²) >= 11 is 0. The van der Waals surface area contributed by atoms with Crippen molar-refractivity contribution in [1.82, 2.24) is 4.90 Å². The first kappa shape index (κ1) is 15.7. The molecule has 0 aliphatic heterocycles. The third-order valence-electron chi connectivity index (χ3n) is 1.64. The van der Waals surface area contributed by atoms with E-state index in [1.165, 1.54) is 6.08 Å². The predicted molar refractivity (Wildman–Crippen MR) is 57.3 cm³/mol. The van der Waals surface area contributed by atoms with Crippen molar-refractivity contribution < 1.29 is 14.6 Å². The molecule has 4 nitrogen and oxygen atoms in total. The van der Waals surface area contributed by atoms with Crippen LogP contribution >= 0.6 is 0 Å². The van der Waals surface area contributed by atoms with Crippen molar-refractivity contribution in [3.05, 3.63) is 12.2 Å². The number of carbonyl (C=O) groups is 1. The number of methoxy groups -OCH3 is 1. The average Bonchev–Trinajstić information content (AvgIpc) is 2.26. The van der Waals surface area contributed by atoms with Crippen molar-refractivity contribution in [2.75, 3.05) is 40.5 Å². The number of rotatable bonds is 7. The molecule has 4 heteroatoms. The van der Waals surface area contributed by atoms with Crippen LogP contribution in [0.2, 0.25) is 0 Å². The number of hydrogen-bond donors (Lipinski definition) is 1. The lowest BCUT2D eigenvalue weighted by molar-refractivity contribution is -0.104. The van der Waals surface area contributed by atoms with Crippen LogP contribution in [0.5, 0.6) is 0 Å². The van der Waals surface area contributed by atoms with E-state index < -0.39 is 0 Å². The summed E-state index contributed by atoms with van der Waals surface area (Å²) in [7, 11) is 2.69. The highest BCUT2D eigenvalue weighted by molar-refractivity contribution is 5.64. The Labute approximate surface area is 86.2 Å². The highest BCUT2D eigenvalue weighted by Gasteiger charge is 1.97. The minimum atomic E-state index is 0.739. The van der Waals surface area contributed by atoms with E-state index >= 15 is 0 Å². The predicted octanol–water partition coefficient (Wildman–Crippen LogP) is 0.318. The molecule has 0 aliphatic rings. The Morgan fingerprint density at radius 1 is 1.43 bits per heavy atom. The molecular formula is C10H21NO3. The Bertz CT molecular complexity index is 137. The number of ether oxygens (including phenoxy) is 1. The van der Waals surface area contributed by atoms with Crippen LogP contribution in [0.25, 0.3) is 0 Å². The Kier molecular flexibility index (Phi) is 16.6. The smallest absolute Gasteiger partial charge is 0.142 e. The molecular weight excluding hydrogens is 182 g/mol. The Hall–Kier alpha value is -0.710. The molecule has 0 rings (SSSR count). The van der Waals surface area contributed by atoms with E-state index in [1.54, 1.807) is 7.11 Å². The van der Waals surface area contributed by atoms with Crippen molar-refractivity contribution >= 4 is 6.29 Å². The van der Waals surface area contributed by atoms with Crippen LogP contribution in [0, 0.1) is 0 Å². The molecule has 0 heterocycles. The molecule has 0 radical (unpaired) electrons.